The molecule has 1 heterocycles. The van der Waals surface area contributed by atoms with E-state index in [0.717, 1.165) is 11.1 Å². The number of anilines is 2. The highest BCUT2D eigenvalue weighted by atomic mass is 32.2. The van der Waals surface area contributed by atoms with E-state index in [0.29, 0.717) is 12.1 Å². The Morgan fingerprint density at radius 1 is 1.24 bits per heavy atom. The van der Waals surface area contributed by atoms with Crippen molar-refractivity contribution >= 4 is 27.3 Å². The predicted molar refractivity (Wildman–Crippen MR) is 94.8 cm³/mol. The minimum Gasteiger partial charge on any atom is -0.325 e. The second-order valence-electron chi connectivity index (χ2n) is 6.40. The molecule has 1 amide bonds. The Morgan fingerprint density at radius 3 is 2.68 bits per heavy atom. The summed E-state index contributed by atoms with van der Waals surface area (Å²) in [6.45, 7) is 5.19. The summed E-state index contributed by atoms with van der Waals surface area (Å²) in [5.41, 5.74) is 2.25. The predicted octanol–water partition coefficient (Wildman–Crippen LogP) is 3.69. The zero-order valence-electron chi connectivity index (χ0n) is 14.2. The van der Waals surface area contributed by atoms with E-state index in [-0.39, 0.29) is 28.0 Å². The Bertz CT molecular complexity index is 971. The van der Waals surface area contributed by atoms with E-state index in [1.54, 1.807) is 6.92 Å². The van der Waals surface area contributed by atoms with Crippen molar-refractivity contribution in [3.05, 3.63) is 52.8 Å². The average Bonchev–Trinajstić information content (AvgIpc) is 2.52. The van der Waals surface area contributed by atoms with Gasteiger partial charge in [0, 0.05) is 12.0 Å². The molecule has 5 nitrogen and oxygen atoms in total. The van der Waals surface area contributed by atoms with E-state index >= 15 is 0 Å². The maximum absolute atomic E-state index is 13.7. The number of sulfonamides is 1. The molecule has 0 saturated heterocycles. The fraction of sp³-hybridized carbons (Fsp3) is 0.278. The van der Waals surface area contributed by atoms with Crippen molar-refractivity contribution in [2.45, 2.75) is 38.0 Å². The first-order valence-corrected chi connectivity index (χ1v) is 9.39. The maximum atomic E-state index is 13.7. The van der Waals surface area contributed by atoms with E-state index in [1.165, 1.54) is 31.2 Å². The highest BCUT2D eigenvalue weighted by Crippen LogP contribution is 2.38. The lowest BCUT2D eigenvalue weighted by molar-refractivity contribution is -0.116. The number of aryl methyl sites for hydroxylation is 1. The van der Waals surface area contributed by atoms with Crippen LogP contribution in [0.5, 0.6) is 0 Å². The van der Waals surface area contributed by atoms with Crippen LogP contribution in [-0.2, 0) is 14.8 Å². The molecule has 2 N–H and O–H groups in total. The van der Waals surface area contributed by atoms with Crippen molar-refractivity contribution in [1.82, 2.24) is 0 Å². The topological polar surface area (TPSA) is 75.3 Å². The standard InChI is InChI=1S/C18H19FN2O3S/c1-10-7-13-11(2)9-17(22)20-18(13)16(8-10)25(23,24)21-15-6-4-5-14(19)12(15)3/h4-8,11,21H,9H2,1-3H3,(H,20,22). The average molecular weight is 362 g/mol. The third-order valence-electron chi connectivity index (χ3n) is 4.37. The SMILES string of the molecule is Cc1cc2c(c(S(=O)(=O)Nc3cccc(F)c3C)c1)NC(=O)CC2C. The molecule has 0 aliphatic carbocycles. The quantitative estimate of drug-likeness (QED) is 0.874. The van der Waals surface area contributed by atoms with Gasteiger partial charge in [0.2, 0.25) is 5.91 Å². The fourth-order valence-electron chi connectivity index (χ4n) is 3.01. The van der Waals surface area contributed by atoms with Crippen LogP contribution >= 0.6 is 0 Å². The molecule has 0 saturated carbocycles. The minimum absolute atomic E-state index is 0.00828. The first-order valence-electron chi connectivity index (χ1n) is 7.91. The molecule has 1 aliphatic heterocycles. The van der Waals surface area contributed by atoms with Gasteiger partial charge in [-0.2, -0.15) is 0 Å². The molecule has 2 aromatic carbocycles. The molecular formula is C18H19FN2O3S. The van der Waals surface area contributed by atoms with Gasteiger partial charge in [-0.3, -0.25) is 9.52 Å². The number of halogens is 1. The van der Waals surface area contributed by atoms with Gasteiger partial charge in [-0.05, 0) is 49.1 Å². The van der Waals surface area contributed by atoms with Crippen molar-refractivity contribution in [3.63, 3.8) is 0 Å². The number of hydrogen-bond donors (Lipinski definition) is 2. The molecule has 0 bridgehead atoms. The summed E-state index contributed by atoms with van der Waals surface area (Å²) in [4.78, 5) is 11.9. The van der Waals surface area contributed by atoms with Crippen LogP contribution < -0.4 is 10.0 Å². The van der Waals surface area contributed by atoms with Gasteiger partial charge in [-0.1, -0.05) is 19.1 Å². The first-order chi connectivity index (χ1) is 11.7. The molecule has 132 valence electrons. The van der Waals surface area contributed by atoms with Crippen LogP contribution in [0.1, 0.15) is 36.0 Å². The summed E-state index contributed by atoms with van der Waals surface area (Å²) in [7, 11) is -3.99. The zero-order chi connectivity index (χ0) is 18.4. The van der Waals surface area contributed by atoms with Crippen molar-refractivity contribution in [2.24, 2.45) is 0 Å². The lowest BCUT2D eigenvalue weighted by Crippen LogP contribution is -2.25. The molecule has 2 aromatic rings. The smallest absolute Gasteiger partial charge is 0.263 e. The summed E-state index contributed by atoms with van der Waals surface area (Å²) in [6.07, 6.45) is 0.312. The zero-order valence-corrected chi connectivity index (χ0v) is 15.0. The number of hydrogen-bond acceptors (Lipinski definition) is 3. The lowest BCUT2D eigenvalue weighted by Gasteiger charge is -2.26. The number of carbonyl (C=O) groups excluding carboxylic acids is 1. The van der Waals surface area contributed by atoms with Crippen molar-refractivity contribution in [2.75, 3.05) is 10.0 Å². The lowest BCUT2D eigenvalue weighted by atomic mass is 9.91. The number of benzene rings is 2. The van der Waals surface area contributed by atoms with Crippen LogP contribution in [0.25, 0.3) is 0 Å². The van der Waals surface area contributed by atoms with Gasteiger partial charge in [0.1, 0.15) is 10.7 Å². The summed E-state index contributed by atoms with van der Waals surface area (Å²) in [5.74, 6) is -0.788. The van der Waals surface area contributed by atoms with Crippen molar-refractivity contribution in [1.29, 1.82) is 0 Å². The fourth-order valence-corrected chi connectivity index (χ4v) is 4.41. The molecule has 0 aromatic heterocycles. The first kappa shape index (κ1) is 17.4. The second-order valence-corrected chi connectivity index (χ2v) is 8.05. The molecule has 1 unspecified atom stereocenters. The largest absolute Gasteiger partial charge is 0.325 e. The second kappa shape index (κ2) is 6.15. The monoisotopic (exact) mass is 362 g/mol. The van der Waals surface area contributed by atoms with E-state index < -0.39 is 15.8 Å². The maximum Gasteiger partial charge on any atom is 0.263 e. The number of amides is 1. The number of carbonyl (C=O) groups is 1. The van der Waals surface area contributed by atoms with E-state index in [1.807, 2.05) is 13.0 Å². The van der Waals surface area contributed by atoms with Crippen molar-refractivity contribution < 1.29 is 17.6 Å². The number of rotatable bonds is 3. The summed E-state index contributed by atoms with van der Waals surface area (Å²) in [5, 5.41) is 2.67. The van der Waals surface area contributed by atoms with Gasteiger partial charge in [0.25, 0.3) is 10.0 Å². The van der Waals surface area contributed by atoms with Crippen LogP contribution in [0.2, 0.25) is 0 Å². The molecule has 0 radical (unpaired) electrons. The highest BCUT2D eigenvalue weighted by molar-refractivity contribution is 7.93. The minimum atomic E-state index is -3.99. The van der Waals surface area contributed by atoms with E-state index in [4.69, 9.17) is 0 Å². The highest BCUT2D eigenvalue weighted by Gasteiger charge is 2.29. The van der Waals surface area contributed by atoms with Gasteiger partial charge in [-0.25, -0.2) is 12.8 Å². The van der Waals surface area contributed by atoms with Crippen molar-refractivity contribution in [3.8, 4) is 0 Å². The molecule has 1 aliphatic rings. The molecule has 25 heavy (non-hydrogen) atoms. The third-order valence-corrected chi connectivity index (χ3v) is 5.76. The number of fused-ring (bicyclic) bond motifs is 1. The van der Waals surface area contributed by atoms with Crippen LogP contribution in [0.15, 0.2) is 35.2 Å². The Morgan fingerprint density at radius 2 is 1.96 bits per heavy atom. The van der Waals surface area contributed by atoms with E-state index in [9.17, 15) is 17.6 Å². The molecule has 3 rings (SSSR count). The Balaban J connectivity index is 2.12. The van der Waals surface area contributed by atoms with Gasteiger partial charge in [0.05, 0.1) is 11.4 Å². The molecule has 0 fully saturated rings. The van der Waals surface area contributed by atoms with Crippen LogP contribution in [-0.4, -0.2) is 14.3 Å². The molecule has 7 heteroatoms. The van der Waals surface area contributed by atoms with Crippen LogP contribution in [0.4, 0.5) is 15.8 Å². The van der Waals surface area contributed by atoms with Gasteiger partial charge < -0.3 is 5.32 Å². The molecular weight excluding hydrogens is 343 g/mol. The summed E-state index contributed by atoms with van der Waals surface area (Å²) < 4.78 is 42.0. The van der Waals surface area contributed by atoms with E-state index in [2.05, 4.69) is 10.0 Å². The van der Waals surface area contributed by atoms with Crippen LogP contribution in [0, 0.1) is 19.7 Å². The number of nitrogens with one attached hydrogen (secondary N) is 2. The molecule has 0 spiro atoms. The molecule has 1 atom stereocenters. The Hall–Kier alpha value is -2.41. The third kappa shape index (κ3) is 3.24. The summed E-state index contributed by atoms with van der Waals surface area (Å²) >= 11 is 0. The van der Waals surface area contributed by atoms with Crippen LogP contribution in [0.3, 0.4) is 0 Å². The van der Waals surface area contributed by atoms with Gasteiger partial charge >= 0.3 is 0 Å². The normalized spacial score (nSPS) is 17.0. The Kier molecular flexibility index (Phi) is 4.28. The summed E-state index contributed by atoms with van der Waals surface area (Å²) in [6, 6.07) is 7.60. The van der Waals surface area contributed by atoms with Gasteiger partial charge in [0.15, 0.2) is 0 Å². The van der Waals surface area contributed by atoms with Gasteiger partial charge in [-0.15, -0.1) is 0 Å². The Labute approximate surface area is 146 Å².